The van der Waals surface area contributed by atoms with Gasteiger partial charge < -0.3 is 4.74 Å². The molecule has 1 aliphatic carbocycles. The average Bonchev–Trinajstić information content (AvgIpc) is 2.72. The van der Waals surface area contributed by atoms with E-state index in [9.17, 15) is 0 Å². The van der Waals surface area contributed by atoms with Gasteiger partial charge in [0.05, 0.1) is 6.61 Å². The van der Waals surface area contributed by atoms with Crippen LogP contribution in [0.3, 0.4) is 0 Å². The van der Waals surface area contributed by atoms with Gasteiger partial charge in [0.1, 0.15) is 5.75 Å². The first-order chi connectivity index (χ1) is 6.92. The molecule has 0 amide bonds. The van der Waals surface area contributed by atoms with Gasteiger partial charge in [-0.15, -0.1) is 0 Å². The summed E-state index contributed by atoms with van der Waals surface area (Å²) in [5.41, 5.74) is 1.25. The number of ether oxygens (including phenoxy) is 1. The fourth-order valence-electron chi connectivity index (χ4n) is 1.68. The molecule has 2 rings (SSSR count). The van der Waals surface area contributed by atoms with E-state index in [1.54, 1.807) is 0 Å². The third kappa shape index (κ3) is 1.72. The molecule has 0 aromatic heterocycles. The molecule has 0 saturated heterocycles. The molecule has 1 aromatic carbocycles. The van der Waals surface area contributed by atoms with Crippen LogP contribution in [0.4, 0.5) is 0 Å². The monoisotopic (exact) mass is 186 g/mol. The van der Waals surface area contributed by atoms with Crippen molar-refractivity contribution in [1.82, 2.24) is 0 Å². The van der Waals surface area contributed by atoms with Crippen molar-refractivity contribution in [1.29, 1.82) is 0 Å². The number of para-hydroxylation sites is 1. The van der Waals surface area contributed by atoms with Gasteiger partial charge in [0.15, 0.2) is 0 Å². The smallest absolute Gasteiger partial charge is 0.123 e. The molecule has 1 aliphatic rings. The van der Waals surface area contributed by atoms with Crippen LogP contribution >= 0.6 is 0 Å². The lowest BCUT2D eigenvalue weighted by atomic mass is 10.00. The predicted octanol–water partition coefficient (Wildman–Crippen LogP) is 3.29. The standard InChI is InChI=1S/C13H14O/c1-2-14-13-10-6-5-9-12(13)11-7-3-4-8-11/h3-11H,2H2,1H3. The molecule has 0 heterocycles. The van der Waals surface area contributed by atoms with Gasteiger partial charge in [0, 0.05) is 11.5 Å². The Kier molecular flexibility index (Phi) is 2.68. The van der Waals surface area contributed by atoms with Gasteiger partial charge in [-0.2, -0.15) is 0 Å². The molecule has 0 aliphatic heterocycles. The number of benzene rings is 1. The van der Waals surface area contributed by atoms with E-state index in [1.165, 1.54) is 5.56 Å². The summed E-state index contributed by atoms with van der Waals surface area (Å²) in [5, 5.41) is 0. The zero-order chi connectivity index (χ0) is 9.80. The van der Waals surface area contributed by atoms with Crippen LogP contribution < -0.4 is 4.74 Å². The SMILES string of the molecule is CCOc1ccccc1C1C=CC=C1. The van der Waals surface area contributed by atoms with E-state index < -0.39 is 0 Å². The highest BCUT2D eigenvalue weighted by Crippen LogP contribution is 2.30. The van der Waals surface area contributed by atoms with Crippen LogP contribution in [0.25, 0.3) is 0 Å². The first-order valence-electron chi connectivity index (χ1n) is 4.98. The van der Waals surface area contributed by atoms with Crippen molar-refractivity contribution >= 4 is 0 Å². The van der Waals surface area contributed by atoms with Crippen molar-refractivity contribution in [3.8, 4) is 5.75 Å². The fourth-order valence-corrected chi connectivity index (χ4v) is 1.68. The first-order valence-corrected chi connectivity index (χ1v) is 4.98. The van der Waals surface area contributed by atoms with E-state index in [4.69, 9.17) is 4.74 Å². The van der Waals surface area contributed by atoms with Crippen LogP contribution in [0.5, 0.6) is 5.75 Å². The average molecular weight is 186 g/mol. The van der Waals surface area contributed by atoms with Crippen molar-refractivity contribution in [3.05, 3.63) is 54.1 Å². The molecule has 1 aromatic rings. The van der Waals surface area contributed by atoms with Crippen molar-refractivity contribution in [2.45, 2.75) is 12.8 Å². The molecule has 72 valence electrons. The third-order valence-corrected chi connectivity index (χ3v) is 2.33. The largest absolute Gasteiger partial charge is 0.494 e. The number of allylic oxidation sites excluding steroid dienone is 4. The van der Waals surface area contributed by atoms with E-state index >= 15 is 0 Å². The van der Waals surface area contributed by atoms with E-state index in [2.05, 4.69) is 36.4 Å². The van der Waals surface area contributed by atoms with Crippen molar-refractivity contribution < 1.29 is 4.74 Å². The molecular weight excluding hydrogens is 172 g/mol. The van der Waals surface area contributed by atoms with Gasteiger partial charge >= 0.3 is 0 Å². The van der Waals surface area contributed by atoms with E-state index in [0.717, 1.165) is 12.4 Å². The van der Waals surface area contributed by atoms with Crippen LogP contribution in [0, 0.1) is 0 Å². The minimum absolute atomic E-state index is 0.387. The van der Waals surface area contributed by atoms with E-state index in [0.29, 0.717) is 5.92 Å². The Hall–Kier alpha value is -1.50. The zero-order valence-corrected chi connectivity index (χ0v) is 8.31. The van der Waals surface area contributed by atoms with Crippen LogP contribution in [-0.4, -0.2) is 6.61 Å². The second kappa shape index (κ2) is 4.14. The molecule has 1 heteroatoms. The zero-order valence-electron chi connectivity index (χ0n) is 8.31. The Morgan fingerprint density at radius 3 is 2.57 bits per heavy atom. The van der Waals surface area contributed by atoms with Gasteiger partial charge in [-0.1, -0.05) is 42.5 Å². The van der Waals surface area contributed by atoms with Gasteiger partial charge in [0.25, 0.3) is 0 Å². The van der Waals surface area contributed by atoms with Gasteiger partial charge in [0.2, 0.25) is 0 Å². The quantitative estimate of drug-likeness (QED) is 0.703. The summed E-state index contributed by atoms with van der Waals surface area (Å²) < 4.78 is 5.58. The van der Waals surface area contributed by atoms with Crippen molar-refractivity contribution in [2.75, 3.05) is 6.61 Å². The molecule has 0 unspecified atom stereocenters. The van der Waals surface area contributed by atoms with Crippen molar-refractivity contribution in [3.63, 3.8) is 0 Å². The molecule has 0 bridgehead atoms. The number of hydrogen-bond donors (Lipinski definition) is 0. The van der Waals surface area contributed by atoms with Gasteiger partial charge in [-0.25, -0.2) is 0 Å². The molecule has 0 saturated carbocycles. The molecule has 0 N–H and O–H groups in total. The highest BCUT2D eigenvalue weighted by atomic mass is 16.5. The normalized spacial score (nSPS) is 14.9. The highest BCUT2D eigenvalue weighted by Gasteiger charge is 2.11. The Balaban J connectivity index is 2.31. The Morgan fingerprint density at radius 2 is 1.86 bits per heavy atom. The molecule has 0 radical (unpaired) electrons. The van der Waals surface area contributed by atoms with Crippen LogP contribution in [0.15, 0.2) is 48.6 Å². The Morgan fingerprint density at radius 1 is 1.14 bits per heavy atom. The Labute approximate surface area is 84.7 Å². The topological polar surface area (TPSA) is 9.23 Å². The van der Waals surface area contributed by atoms with Gasteiger partial charge in [-0.3, -0.25) is 0 Å². The summed E-state index contributed by atoms with van der Waals surface area (Å²) in [6.45, 7) is 2.73. The first kappa shape index (κ1) is 9.07. The lowest BCUT2D eigenvalue weighted by molar-refractivity contribution is 0.336. The summed E-state index contributed by atoms with van der Waals surface area (Å²) in [5.74, 6) is 1.38. The predicted molar refractivity (Wildman–Crippen MR) is 58.6 cm³/mol. The minimum atomic E-state index is 0.387. The summed E-state index contributed by atoms with van der Waals surface area (Å²) in [4.78, 5) is 0. The molecule has 0 spiro atoms. The molecule has 14 heavy (non-hydrogen) atoms. The minimum Gasteiger partial charge on any atom is -0.494 e. The fraction of sp³-hybridized carbons (Fsp3) is 0.231. The maximum Gasteiger partial charge on any atom is 0.123 e. The van der Waals surface area contributed by atoms with Gasteiger partial charge in [-0.05, 0) is 13.0 Å². The second-order valence-corrected chi connectivity index (χ2v) is 3.27. The Bertz CT molecular complexity index is 351. The lowest BCUT2D eigenvalue weighted by Crippen LogP contribution is -1.98. The molecule has 1 nitrogen and oxygen atoms in total. The van der Waals surface area contributed by atoms with Crippen molar-refractivity contribution in [2.24, 2.45) is 0 Å². The molecule has 0 fully saturated rings. The van der Waals surface area contributed by atoms with Crippen LogP contribution in [0.2, 0.25) is 0 Å². The summed E-state index contributed by atoms with van der Waals surface area (Å²) in [6, 6.07) is 8.21. The van der Waals surface area contributed by atoms with E-state index in [1.807, 2.05) is 19.1 Å². The number of rotatable bonds is 3. The highest BCUT2D eigenvalue weighted by molar-refractivity contribution is 5.43. The summed E-state index contributed by atoms with van der Waals surface area (Å²) in [6.07, 6.45) is 8.51. The number of hydrogen-bond acceptors (Lipinski definition) is 1. The summed E-state index contributed by atoms with van der Waals surface area (Å²) >= 11 is 0. The maximum absolute atomic E-state index is 5.58. The van der Waals surface area contributed by atoms with Crippen LogP contribution in [-0.2, 0) is 0 Å². The second-order valence-electron chi connectivity index (χ2n) is 3.27. The molecular formula is C13H14O. The lowest BCUT2D eigenvalue weighted by Gasteiger charge is -2.12. The van der Waals surface area contributed by atoms with E-state index in [-0.39, 0.29) is 0 Å². The molecule has 0 atom stereocenters. The summed E-state index contributed by atoms with van der Waals surface area (Å²) in [7, 11) is 0. The third-order valence-electron chi connectivity index (χ3n) is 2.33. The maximum atomic E-state index is 5.58. The van der Waals surface area contributed by atoms with Crippen LogP contribution in [0.1, 0.15) is 18.4 Å².